The molecule has 0 fully saturated rings. The zero-order valence-corrected chi connectivity index (χ0v) is 10.5. The first kappa shape index (κ1) is 12.1. The maximum absolute atomic E-state index is 10.9. The van der Waals surface area contributed by atoms with Crippen molar-refractivity contribution in [2.75, 3.05) is 6.54 Å². The fourth-order valence-corrected chi connectivity index (χ4v) is 3.09. The number of hydrogen-bond donors (Lipinski definition) is 2. The summed E-state index contributed by atoms with van der Waals surface area (Å²) >= 11 is 1.63. The number of carboxylic acids is 1. The van der Waals surface area contributed by atoms with Crippen LogP contribution >= 0.6 is 11.3 Å². The monoisotopic (exact) mass is 249 g/mol. The number of carbonyl (C=O) groups is 1. The van der Waals surface area contributed by atoms with E-state index >= 15 is 0 Å². The predicted molar refractivity (Wildman–Crippen MR) is 70.5 cm³/mol. The molecule has 0 saturated heterocycles. The molecule has 4 heteroatoms. The topological polar surface area (TPSA) is 63.3 Å². The molecule has 2 rings (SSSR count). The van der Waals surface area contributed by atoms with E-state index in [2.05, 4.69) is 6.07 Å². The molecular formula is C13H15NO2S. The van der Waals surface area contributed by atoms with Gasteiger partial charge < -0.3 is 10.8 Å². The maximum atomic E-state index is 10.9. The van der Waals surface area contributed by atoms with Gasteiger partial charge in [0.25, 0.3) is 0 Å². The van der Waals surface area contributed by atoms with E-state index in [9.17, 15) is 4.79 Å². The highest BCUT2D eigenvalue weighted by Crippen LogP contribution is 2.36. The van der Waals surface area contributed by atoms with Gasteiger partial charge in [-0.25, -0.2) is 0 Å². The molecule has 0 radical (unpaired) electrons. The van der Waals surface area contributed by atoms with Gasteiger partial charge in [-0.1, -0.05) is 25.1 Å². The van der Waals surface area contributed by atoms with Gasteiger partial charge in [-0.3, -0.25) is 4.79 Å². The van der Waals surface area contributed by atoms with Gasteiger partial charge in [-0.2, -0.15) is 0 Å². The van der Waals surface area contributed by atoms with E-state index in [1.807, 2.05) is 31.2 Å². The SMILES string of the molecule is CC(CN)(CC(=O)O)c1cc2ccccc2s1. The van der Waals surface area contributed by atoms with Crippen LogP contribution in [-0.4, -0.2) is 17.6 Å². The van der Waals surface area contributed by atoms with Crippen LogP contribution < -0.4 is 5.73 Å². The number of carboxylic acid groups (broad SMARTS) is 1. The Morgan fingerprint density at radius 2 is 2.18 bits per heavy atom. The molecule has 3 nitrogen and oxygen atoms in total. The molecule has 0 spiro atoms. The Bertz CT molecular complexity index is 516. The normalized spacial score (nSPS) is 14.7. The summed E-state index contributed by atoms with van der Waals surface area (Å²) in [5.74, 6) is -0.810. The molecule has 0 saturated carbocycles. The van der Waals surface area contributed by atoms with Crippen molar-refractivity contribution < 1.29 is 9.90 Å². The highest BCUT2D eigenvalue weighted by molar-refractivity contribution is 7.19. The lowest BCUT2D eigenvalue weighted by Crippen LogP contribution is -2.33. The minimum absolute atomic E-state index is 0.0658. The summed E-state index contributed by atoms with van der Waals surface area (Å²) in [6.45, 7) is 2.25. The lowest BCUT2D eigenvalue weighted by molar-refractivity contribution is -0.138. The van der Waals surface area contributed by atoms with Crippen LogP contribution in [0.4, 0.5) is 0 Å². The molecule has 0 bridgehead atoms. The Balaban J connectivity index is 2.46. The van der Waals surface area contributed by atoms with Gasteiger partial charge in [-0.05, 0) is 17.5 Å². The number of thiophene rings is 1. The summed E-state index contributed by atoms with van der Waals surface area (Å²) in [5.41, 5.74) is 5.28. The number of fused-ring (bicyclic) bond motifs is 1. The van der Waals surface area contributed by atoms with Crippen molar-refractivity contribution in [2.45, 2.75) is 18.8 Å². The molecule has 0 aliphatic heterocycles. The van der Waals surface area contributed by atoms with E-state index in [1.54, 1.807) is 11.3 Å². The van der Waals surface area contributed by atoms with E-state index < -0.39 is 11.4 Å². The number of benzene rings is 1. The average Bonchev–Trinajstić information content (AvgIpc) is 2.72. The van der Waals surface area contributed by atoms with E-state index in [0.717, 1.165) is 10.3 Å². The van der Waals surface area contributed by atoms with Crippen LogP contribution in [0.5, 0.6) is 0 Å². The first-order valence-electron chi connectivity index (χ1n) is 5.46. The third-order valence-electron chi connectivity index (χ3n) is 3.01. The van der Waals surface area contributed by atoms with Crippen molar-refractivity contribution in [3.05, 3.63) is 35.2 Å². The lowest BCUT2D eigenvalue weighted by Gasteiger charge is -2.24. The van der Waals surface area contributed by atoms with Crippen LogP contribution in [-0.2, 0) is 10.2 Å². The molecule has 1 unspecified atom stereocenters. The summed E-state index contributed by atoms with van der Waals surface area (Å²) in [6, 6.07) is 10.1. The highest BCUT2D eigenvalue weighted by atomic mass is 32.1. The molecule has 1 aromatic carbocycles. The quantitative estimate of drug-likeness (QED) is 0.875. The van der Waals surface area contributed by atoms with Crippen LogP contribution in [0, 0.1) is 0 Å². The first-order chi connectivity index (χ1) is 8.05. The number of nitrogens with two attached hydrogens (primary N) is 1. The summed E-state index contributed by atoms with van der Waals surface area (Å²) in [7, 11) is 0. The van der Waals surface area contributed by atoms with E-state index in [0.29, 0.717) is 6.54 Å². The van der Waals surface area contributed by atoms with Crippen molar-refractivity contribution in [1.29, 1.82) is 0 Å². The van der Waals surface area contributed by atoms with E-state index in [1.165, 1.54) is 4.70 Å². The molecule has 0 aliphatic carbocycles. The van der Waals surface area contributed by atoms with Gasteiger partial charge in [0.15, 0.2) is 0 Å². The van der Waals surface area contributed by atoms with Crippen LogP contribution in [0.1, 0.15) is 18.2 Å². The Hall–Kier alpha value is -1.39. The Kier molecular flexibility index (Phi) is 3.17. The lowest BCUT2D eigenvalue weighted by atomic mass is 9.85. The van der Waals surface area contributed by atoms with Gasteiger partial charge in [0, 0.05) is 21.5 Å². The van der Waals surface area contributed by atoms with Gasteiger partial charge in [0.2, 0.25) is 0 Å². The minimum atomic E-state index is -0.810. The molecule has 0 aliphatic rings. The maximum Gasteiger partial charge on any atom is 0.304 e. The second-order valence-electron chi connectivity index (χ2n) is 4.48. The third kappa shape index (κ3) is 2.33. The number of hydrogen-bond acceptors (Lipinski definition) is 3. The minimum Gasteiger partial charge on any atom is -0.481 e. The van der Waals surface area contributed by atoms with Crippen LogP contribution in [0.3, 0.4) is 0 Å². The van der Waals surface area contributed by atoms with Crippen LogP contribution in [0.15, 0.2) is 30.3 Å². The Morgan fingerprint density at radius 3 is 2.76 bits per heavy atom. The zero-order valence-electron chi connectivity index (χ0n) is 9.64. The van der Waals surface area contributed by atoms with Gasteiger partial charge >= 0.3 is 5.97 Å². The molecule has 17 heavy (non-hydrogen) atoms. The van der Waals surface area contributed by atoms with Crippen molar-refractivity contribution in [3.8, 4) is 0 Å². The van der Waals surface area contributed by atoms with Gasteiger partial charge in [0.05, 0.1) is 6.42 Å². The molecule has 1 atom stereocenters. The smallest absolute Gasteiger partial charge is 0.304 e. The van der Waals surface area contributed by atoms with Crippen LogP contribution in [0.25, 0.3) is 10.1 Å². The molecule has 3 N–H and O–H groups in total. The Morgan fingerprint density at radius 1 is 1.47 bits per heavy atom. The fraction of sp³-hybridized carbons (Fsp3) is 0.308. The van der Waals surface area contributed by atoms with Crippen molar-refractivity contribution in [2.24, 2.45) is 5.73 Å². The van der Waals surface area contributed by atoms with Gasteiger partial charge in [-0.15, -0.1) is 11.3 Å². The third-order valence-corrected chi connectivity index (χ3v) is 4.43. The van der Waals surface area contributed by atoms with E-state index in [4.69, 9.17) is 10.8 Å². The molecule has 2 aromatic rings. The molecule has 1 heterocycles. The highest BCUT2D eigenvalue weighted by Gasteiger charge is 2.30. The Labute approximate surface area is 104 Å². The van der Waals surface area contributed by atoms with Gasteiger partial charge in [0.1, 0.15) is 0 Å². The molecule has 0 amide bonds. The summed E-state index contributed by atoms with van der Waals surface area (Å²) in [6.07, 6.45) is 0.0658. The largest absolute Gasteiger partial charge is 0.481 e. The van der Waals surface area contributed by atoms with Crippen molar-refractivity contribution in [1.82, 2.24) is 0 Å². The van der Waals surface area contributed by atoms with E-state index in [-0.39, 0.29) is 6.42 Å². The summed E-state index contributed by atoms with van der Waals surface area (Å²) in [4.78, 5) is 12.0. The van der Waals surface area contributed by atoms with Crippen molar-refractivity contribution >= 4 is 27.4 Å². The fourth-order valence-electron chi connectivity index (χ4n) is 1.87. The number of rotatable bonds is 4. The second-order valence-corrected chi connectivity index (χ2v) is 5.57. The van der Waals surface area contributed by atoms with Crippen molar-refractivity contribution in [3.63, 3.8) is 0 Å². The first-order valence-corrected chi connectivity index (χ1v) is 6.28. The second kappa shape index (κ2) is 4.47. The standard InChI is InChI=1S/C13H15NO2S/c1-13(8-14,7-12(15)16)11-6-9-4-2-3-5-10(9)17-11/h2-6H,7-8,14H2,1H3,(H,15,16). The summed E-state index contributed by atoms with van der Waals surface area (Å²) in [5, 5.41) is 10.1. The number of aliphatic carboxylic acids is 1. The molecule has 90 valence electrons. The summed E-state index contributed by atoms with van der Waals surface area (Å²) < 4.78 is 1.17. The molecular weight excluding hydrogens is 234 g/mol. The predicted octanol–water partition coefficient (Wildman–Crippen LogP) is 2.59. The molecule has 1 aromatic heterocycles. The van der Waals surface area contributed by atoms with Crippen LogP contribution in [0.2, 0.25) is 0 Å². The average molecular weight is 249 g/mol. The zero-order chi connectivity index (χ0) is 12.5.